The Morgan fingerprint density at radius 2 is 1.94 bits per heavy atom. The molecule has 1 aromatic rings. The van der Waals surface area contributed by atoms with E-state index in [-0.39, 0.29) is 11.4 Å². The van der Waals surface area contributed by atoms with Crippen LogP contribution in [0.3, 0.4) is 0 Å². The monoisotopic (exact) mass is 310 g/mol. The number of carbonyl (C=O) groups excluding carboxylic acids is 1. The quantitative estimate of drug-likeness (QED) is 0.900. The van der Waals surface area contributed by atoms with Crippen LogP contribution < -0.4 is 11.1 Å². The summed E-state index contributed by atoms with van der Waals surface area (Å²) in [5, 5.41) is 2.94. The molecule has 1 aliphatic carbocycles. The lowest BCUT2D eigenvalue weighted by Crippen LogP contribution is -2.48. The molecule has 3 nitrogen and oxygen atoms in total. The molecule has 1 amide bonds. The Labute approximate surface area is 116 Å². The van der Waals surface area contributed by atoms with E-state index in [4.69, 9.17) is 5.73 Å². The van der Waals surface area contributed by atoms with Crippen molar-refractivity contribution in [3.05, 3.63) is 27.7 Å². The van der Waals surface area contributed by atoms with Gasteiger partial charge in [-0.15, -0.1) is 0 Å². The first-order valence-electron chi connectivity index (χ1n) is 6.25. The van der Waals surface area contributed by atoms with Crippen LogP contribution in [0, 0.1) is 13.8 Å². The molecule has 0 radical (unpaired) electrons. The highest BCUT2D eigenvalue weighted by Gasteiger charge is 2.34. The van der Waals surface area contributed by atoms with Crippen LogP contribution in [-0.2, 0) is 4.79 Å². The summed E-state index contributed by atoms with van der Waals surface area (Å²) in [7, 11) is 0. The number of carbonyl (C=O) groups is 1. The third kappa shape index (κ3) is 2.93. The normalized spacial score (nSPS) is 17.1. The van der Waals surface area contributed by atoms with Gasteiger partial charge < -0.3 is 11.1 Å². The van der Waals surface area contributed by atoms with Gasteiger partial charge in [0.05, 0.1) is 0 Å². The molecule has 0 aliphatic heterocycles. The molecule has 3 N–H and O–H groups in total. The fraction of sp³-hybridized carbons (Fsp3) is 0.500. The topological polar surface area (TPSA) is 55.1 Å². The second-order valence-electron chi connectivity index (χ2n) is 5.36. The van der Waals surface area contributed by atoms with E-state index in [0.717, 1.165) is 40.5 Å². The third-order valence-corrected chi connectivity index (χ3v) is 4.83. The molecule has 4 heteroatoms. The van der Waals surface area contributed by atoms with Crippen molar-refractivity contribution in [1.29, 1.82) is 0 Å². The highest BCUT2D eigenvalue weighted by Crippen LogP contribution is 2.32. The first-order chi connectivity index (χ1) is 8.39. The molecule has 0 heterocycles. The number of hydrogen-bond donors (Lipinski definition) is 2. The molecule has 2 rings (SSSR count). The Morgan fingerprint density at radius 3 is 2.39 bits per heavy atom. The van der Waals surface area contributed by atoms with Crippen molar-refractivity contribution in [1.82, 2.24) is 0 Å². The van der Waals surface area contributed by atoms with Crippen LogP contribution in [0.15, 0.2) is 16.6 Å². The summed E-state index contributed by atoms with van der Waals surface area (Å²) in [6.07, 6.45) is 3.47. The molecule has 0 aromatic heterocycles. The SMILES string of the molecule is Cc1cc(NC(=O)CC2(N)CCC2)cc(C)c1Br. The Bertz CT molecular complexity index is 458. The lowest BCUT2D eigenvalue weighted by atomic mass is 9.75. The van der Waals surface area contributed by atoms with E-state index in [0.29, 0.717) is 6.42 Å². The Kier molecular flexibility index (Phi) is 3.78. The molecule has 0 unspecified atom stereocenters. The van der Waals surface area contributed by atoms with Crippen molar-refractivity contribution >= 4 is 27.5 Å². The zero-order valence-electron chi connectivity index (χ0n) is 10.8. The van der Waals surface area contributed by atoms with E-state index in [2.05, 4.69) is 21.2 Å². The van der Waals surface area contributed by atoms with E-state index in [9.17, 15) is 4.79 Å². The second-order valence-corrected chi connectivity index (χ2v) is 6.16. The zero-order valence-corrected chi connectivity index (χ0v) is 12.4. The lowest BCUT2D eigenvalue weighted by Gasteiger charge is -2.37. The van der Waals surface area contributed by atoms with Gasteiger partial charge >= 0.3 is 0 Å². The molecule has 0 spiro atoms. The third-order valence-electron chi connectivity index (χ3n) is 3.58. The maximum atomic E-state index is 11.9. The fourth-order valence-electron chi connectivity index (χ4n) is 2.35. The van der Waals surface area contributed by atoms with E-state index >= 15 is 0 Å². The minimum absolute atomic E-state index is 0.0123. The molecular formula is C14H19BrN2O. The van der Waals surface area contributed by atoms with Crippen LogP contribution >= 0.6 is 15.9 Å². The van der Waals surface area contributed by atoms with Gasteiger partial charge in [0, 0.05) is 22.1 Å². The standard InChI is InChI=1S/C14H19BrN2O/c1-9-6-11(7-10(2)13(9)15)17-12(18)8-14(16)4-3-5-14/h6-7H,3-5,8,16H2,1-2H3,(H,17,18). The summed E-state index contributed by atoms with van der Waals surface area (Å²) in [4.78, 5) is 11.9. The van der Waals surface area contributed by atoms with E-state index in [1.54, 1.807) is 0 Å². The number of hydrogen-bond acceptors (Lipinski definition) is 2. The number of benzene rings is 1. The van der Waals surface area contributed by atoms with Crippen molar-refractivity contribution in [2.45, 2.75) is 45.1 Å². The van der Waals surface area contributed by atoms with Gasteiger partial charge in [0.25, 0.3) is 0 Å². The predicted octanol–water partition coefficient (Wildman–Crippen LogP) is 3.28. The van der Waals surface area contributed by atoms with Gasteiger partial charge in [-0.2, -0.15) is 0 Å². The van der Waals surface area contributed by atoms with E-state index in [1.807, 2.05) is 26.0 Å². The smallest absolute Gasteiger partial charge is 0.226 e. The summed E-state index contributed by atoms with van der Waals surface area (Å²) >= 11 is 3.52. The Balaban J connectivity index is 2.03. The fourth-order valence-corrected chi connectivity index (χ4v) is 2.58. The van der Waals surface area contributed by atoms with Crippen LogP contribution in [-0.4, -0.2) is 11.4 Å². The summed E-state index contributed by atoms with van der Waals surface area (Å²) in [6.45, 7) is 4.03. The number of rotatable bonds is 3. The van der Waals surface area contributed by atoms with Crippen LogP contribution in [0.2, 0.25) is 0 Å². The summed E-state index contributed by atoms with van der Waals surface area (Å²) in [6, 6.07) is 3.94. The second kappa shape index (κ2) is 5.02. The van der Waals surface area contributed by atoms with Gasteiger partial charge in [-0.05, 0) is 56.4 Å². The Hall–Kier alpha value is -0.870. The van der Waals surface area contributed by atoms with Crippen molar-refractivity contribution in [3.63, 3.8) is 0 Å². The average molecular weight is 311 g/mol. The number of aryl methyl sites for hydroxylation is 2. The molecule has 1 aliphatic rings. The Morgan fingerprint density at radius 1 is 1.39 bits per heavy atom. The van der Waals surface area contributed by atoms with Gasteiger partial charge in [0.15, 0.2) is 0 Å². The molecule has 0 bridgehead atoms. The van der Waals surface area contributed by atoms with Gasteiger partial charge in [-0.1, -0.05) is 15.9 Å². The van der Waals surface area contributed by atoms with E-state index in [1.165, 1.54) is 0 Å². The molecule has 1 fully saturated rings. The largest absolute Gasteiger partial charge is 0.326 e. The first-order valence-corrected chi connectivity index (χ1v) is 7.04. The maximum absolute atomic E-state index is 11.9. The lowest BCUT2D eigenvalue weighted by molar-refractivity contribution is -0.118. The van der Waals surface area contributed by atoms with E-state index < -0.39 is 0 Å². The summed E-state index contributed by atoms with van der Waals surface area (Å²) in [5.41, 5.74) is 8.90. The zero-order chi connectivity index (χ0) is 13.3. The van der Waals surface area contributed by atoms with Crippen LogP contribution in [0.5, 0.6) is 0 Å². The molecule has 18 heavy (non-hydrogen) atoms. The van der Waals surface area contributed by atoms with Gasteiger partial charge in [-0.3, -0.25) is 4.79 Å². The highest BCUT2D eigenvalue weighted by molar-refractivity contribution is 9.10. The average Bonchev–Trinajstić information content (AvgIpc) is 2.23. The molecule has 0 saturated heterocycles. The number of nitrogens with two attached hydrogens (primary N) is 1. The molecule has 0 atom stereocenters. The van der Waals surface area contributed by atoms with Crippen molar-refractivity contribution in [3.8, 4) is 0 Å². The minimum atomic E-state index is -0.260. The predicted molar refractivity (Wildman–Crippen MR) is 77.6 cm³/mol. The van der Waals surface area contributed by atoms with Crippen LogP contribution in [0.4, 0.5) is 5.69 Å². The summed E-state index contributed by atoms with van der Waals surface area (Å²) < 4.78 is 1.09. The number of anilines is 1. The van der Waals surface area contributed by atoms with Crippen molar-refractivity contribution in [2.75, 3.05) is 5.32 Å². The maximum Gasteiger partial charge on any atom is 0.226 e. The van der Waals surface area contributed by atoms with Crippen LogP contribution in [0.25, 0.3) is 0 Å². The minimum Gasteiger partial charge on any atom is -0.326 e. The first kappa shape index (κ1) is 13.6. The van der Waals surface area contributed by atoms with Gasteiger partial charge in [0.1, 0.15) is 0 Å². The summed E-state index contributed by atoms with van der Waals surface area (Å²) in [5.74, 6) is 0.0123. The molecule has 1 saturated carbocycles. The van der Waals surface area contributed by atoms with Crippen LogP contribution in [0.1, 0.15) is 36.8 Å². The number of amides is 1. The molecule has 1 aromatic carbocycles. The van der Waals surface area contributed by atoms with Crippen molar-refractivity contribution in [2.24, 2.45) is 5.73 Å². The molecule has 98 valence electrons. The van der Waals surface area contributed by atoms with Gasteiger partial charge in [-0.25, -0.2) is 0 Å². The van der Waals surface area contributed by atoms with Gasteiger partial charge in [0.2, 0.25) is 5.91 Å². The molecular weight excluding hydrogens is 292 g/mol. The number of halogens is 1. The number of nitrogens with one attached hydrogen (secondary N) is 1. The van der Waals surface area contributed by atoms with Crippen molar-refractivity contribution < 1.29 is 4.79 Å². The highest BCUT2D eigenvalue weighted by atomic mass is 79.9.